The number of hydrogen-bond donors (Lipinski definition) is 2. The highest BCUT2D eigenvalue weighted by Crippen LogP contribution is 2.24. The molecular weight excluding hydrogens is 394 g/mol. The van der Waals surface area contributed by atoms with E-state index in [1.165, 1.54) is 0 Å². The molecule has 0 fully saturated rings. The SMILES string of the molecule is Cc1nc(SC(F)F)nc(C)c1CCC(=O)OCC(=O)NC(=O)NC(C)(C)C. The van der Waals surface area contributed by atoms with Crippen LogP contribution in [-0.4, -0.2) is 45.8 Å². The van der Waals surface area contributed by atoms with E-state index in [2.05, 4.69) is 20.6 Å². The van der Waals surface area contributed by atoms with Gasteiger partial charge in [-0.15, -0.1) is 0 Å². The molecule has 0 aliphatic heterocycles. The van der Waals surface area contributed by atoms with Crippen LogP contribution in [0.4, 0.5) is 13.6 Å². The molecule has 0 spiro atoms. The standard InChI is InChI=1S/C17H24F2N4O4S/c1-9-11(10(2)21-16(20-9)28-14(18)19)6-7-13(25)27-8-12(24)22-15(26)23-17(3,4)5/h14H,6-8H2,1-5H3,(H2,22,23,24,26). The Morgan fingerprint density at radius 1 is 1.14 bits per heavy atom. The molecule has 8 nitrogen and oxygen atoms in total. The number of thioether (sulfide) groups is 1. The number of alkyl halides is 2. The van der Waals surface area contributed by atoms with Crippen LogP contribution >= 0.6 is 11.8 Å². The van der Waals surface area contributed by atoms with Crippen LogP contribution in [0.15, 0.2) is 5.16 Å². The Balaban J connectivity index is 2.48. The number of amides is 3. The van der Waals surface area contributed by atoms with Gasteiger partial charge in [0.05, 0.1) is 0 Å². The summed E-state index contributed by atoms with van der Waals surface area (Å²) < 4.78 is 29.7. The molecule has 2 N–H and O–H groups in total. The monoisotopic (exact) mass is 418 g/mol. The van der Waals surface area contributed by atoms with E-state index in [-0.39, 0.29) is 29.8 Å². The molecular formula is C17H24F2N4O4S. The number of halogens is 2. The summed E-state index contributed by atoms with van der Waals surface area (Å²) in [5, 5.41) is 4.57. The summed E-state index contributed by atoms with van der Waals surface area (Å²) in [4.78, 5) is 43.0. The highest BCUT2D eigenvalue weighted by molar-refractivity contribution is 7.99. The maximum absolute atomic E-state index is 12.4. The second-order valence-electron chi connectivity index (χ2n) is 6.95. The summed E-state index contributed by atoms with van der Waals surface area (Å²) in [5.41, 5.74) is 1.15. The summed E-state index contributed by atoms with van der Waals surface area (Å²) in [5.74, 6) is -4.01. The Kier molecular flexibility index (Phi) is 8.73. The predicted octanol–water partition coefficient (Wildman–Crippen LogP) is 2.51. The van der Waals surface area contributed by atoms with Gasteiger partial charge in [0.25, 0.3) is 11.7 Å². The van der Waals surface area contributed by atoms with Gasteiger partial charge in [0.15, 0.2) is 11.8 Å². The van der Waals surface area contributed by atoms with Gasteiger partial charge in [-0.25, -0.2) is 14.8 Å². The molecule has 0 aliphatic rings. The summed E-state index contributed by atoms with van der Waals surface area (Å²) >= 11 is 0.255. The average Bonchev–Trinajstić information content (AvgIpc) is 2.49. The largest absolute Gasteiger partial charge is 0.456 e. The van der Waals surface area contributed by atoms with E-state index in [0.717, 1.165) is 0 Å². The van der Waals surface area contributed by atoms with Crippen LogP contribution in [-0.2, 0) is 20.7 Å². The number of carbonyl (C=O) groups excluding carboxylic acids is 3. The number of rotatable bonds is 7. The fourth-order valence-electron chi connectivity index (χ4n) is 2.18. The number of aryl methyl sites for hydroxylation is 2. The average molecular weight is 418 g/mol. The molecule has 0 saturated carbocycles. The fourth-order valence-corrected chi connectivity index (χ4v) is 2.72. The zero-order valence-corrected chi connectivity index (χ0v) is 17.2. The number of hydrogen-bond acceptors (Lipinski definition) is 7. The smallest absolute Gasteiger partial charge is 0.321 e. The first-order chi connectivity index (χ1) is 12.9. The first kappa shape index (κ1) is 23.7. The molecule has 156 valence electrons. The maximum atomic E-state index is 12.4. The molecule has 0 saturated heterocycles. The van der Waals surface area contributed by atoms with E-state index in [9.17, 15) is 23.2 Å². The third-order valence-corrected chi connectivity index (χ3v) is 3.85. The number of aromatic nitrogens is 2. The molecule has 0 bridgehead atoms. The van der Waals surface area contributed by atoms with Crippen LogP contribution in [0.3, 0.4) is 0 Å². The fraction of sp³-hybridized carbons (Fsp3) is 0.588. The summed E-state index contributed by atoms with van der Waals surface area (Å²) in [6.45, 7) is 7.96. The Morgan fingerprint density at radius 3 is 2.21 bits per heavy atom. The quantitative estimate of drug-likeness (QED) is 0.398. The van der Waals surface area contributed by atoms with Crippen molar-refractivity contribution >= 4 is 29.7 Å². The number of ether oxygens (including phenoxy) is 1. The van der Waals surface area contributed by atoms with Crippen LogP contribution in [0, 0.1) is 13.8 Å². The van der Waals surface area contributed by atoms with E-state index in [0.29, 0.717) is 17.0 Å². The highest BCUT2D eigenvalue weighted by atomic mass is 32.2. The molecule has 1 heterocycles. The molecule has 11 heteroatoms. The third-order valence-electron chi connectivity index (χ3n) is 3.28. The number of nitrogens with zero attached hydrogens (tertiary/aromatic N) is 2. The zero-order valence-electron chi connectivity index (χ0n) is 16.4. The second-order valence-corrected chi connectivity index (χ2v) is 7.90. The van der Waals surface area contributed by atoms with Crippen molar-refractivity contribution in [2.24, 2.45) is 0 Å². The number of esters is 1. The van der Waals surface area contributed by atoms with Crippen LogP contribution in [0.25, 0.3) is 0 Å². The lowest BCUT2D eigenvalue weighted by molar-refractivity contribution is -0.148. The van der Waals surface area contributed by atoms with Gasteiger partial charge in [-0.05, 0) is 58.4 Å². The molecule has 0 aliphatic carbocycles. The van der Waals surface area contributed by atoms with E-state index in [1.54, 1.807) is 34.6 Å². The van der Waals surface area contributed by atoms with Crippen molar-refractivity contribution in [1.29, 1.82) is 0 Å². The van der Waals surface area contributed by atoms with Gasteiger partial charge in [0.1, 0.15) is 0 Å². The van der Waals surface area contributed by atoms with Gasteiger partial charge in [0, 0.05) is 23.3 Å². The van der Waals surface area contributed by atoms with Gasteiger partial charge < -0.3 is 10.1 Å². The highest BCUT2D eigenvalue weighted by Gasteiger charge is 2.17. The minimum atomic E-state index is -2.61. The Morgan fingerprint density at radius 2 is 1.71 bits per heavy atom. The Labute approximate surface area is 166 Å². The van der Waals surface area contributed by atoms with Gasteiger partial charge in [0.2, 0.25) is 0 Å². The van der Waals surface area contributed by atoms with E-state index >= 15 is 0 Å². The molecule has 3 amide bonds. The molecule has 0 unspecified atom stereocenters. The third kappa shape index (κ3) is 9.07. The van der Waals surface area contributed by atoms with Gasteiger partial charge in [-0.1, -0.05) is 0 Å². The van der Waals surface area contributed by atoms with Crippen molar-refractivity contribution in [3.05, 3.63) is 17.0 Å². The number of carbonyl (C=O) groups is 3. The minimum Gasteiger partial charge on any atom is -0.456 e. The van der Waals surface area contributed by atoms with Crippen molar-refractivity contribution in [1.82, 2.24) is 20.6 Å². The lowest BCUT2D eigenvalue weighted by Gasteiger charge is -2.20. The maximum Gasteiger partial charge on any atom is 0.321 e. The number of urea groups is 1. The molecule has 0 aromatic carbocycles. The second kappa shape index (κ2) is 10.3. The molecule has 28 heavy (non-hydrogen) atoms. The molecule has 0 radical (unpaired) electrons. The van der Waals surface area contributed by atoms with Gasteiger partial charge in [-0.2, -0.15) is 8.78 Å². The van der Waals surface area contributed by atoms with Crippen LogP contribution in [0.1, 0.15) is 44.1 Å². The van der Waals surface area contributed by atoms with E-state index in [1.807, 2.05) is 0 Å². The summed E-state index contributed by atoms with van der Waals surface area (Å²) in [6, 6.07) is -0.682. The van der Waals surface area contributed by atoms with Crippen LogP contribution in [0.2, 0.25) is 0 Å². The molecule has 0 atom stereocenters. The van der Waals surface area contributed by atoms with E-state index in [4.69, 9.17) is 4.74 Å². The molecule has 1 aromatic rings. The normalized spacial score (nSPS) is 11.3. The first-order valence-corrected chi connectivity index (χ1v) is 9.32. The van der Waals surface area contributed by atoms with Crippen molar-refractivity contribution in [2.45, 2.75) is 63.9 Å². The van der Waals surface area contributed by atoms with Gasteiger partial charge in [-0.3, -0.25) is 14.9 Å². The van der Waals surface area contributed by atoms with Crippen molar-refractivity contribution in [2.75, 3.05) is 6.61 Å². The number of nitrogens with one attached hydrogen (secondary N) is 2. The summed E-state index contributed by atoms with van der Waals surface area (Å²) in [6.07, 6.45) is 0.191. The molecule has 1 aromatic heterocycles. The minimum absolute atomic E-state index is 0.0264. The van der Waals surface area contributed by atoms with Crippen molar-refractivity contribution < 1.29 is 27.9 Å². The number of imide groups is 1. The topological polar surface area (TPSA) is 110 Å². The Hall–Kier alpha value is -2.30. The molecule has 1 rings (SSSR count). The lowest BCUT2D eigenvalue weighted by Crippen LogP contribution is -2.49. The first-order valence-electron chi connectivity index (χ1n) is 8.44. The van der Waals surface area contributed by atoms with Gasteiger partial charge >= 0.3 is 12.0 Å². The van der Waals surface area contributed by atoms with Crippen molar-refractivity contribution in [3.63, 3.8) is 0 Å². The predicted molar refractivity (Wildman–Crippen MR) is 99.1 cm³/mol. The van der Waals surface area contributed by atoms with Crippen molar-refractivity contribution in [3.8, 4) is 0 Å². The van der Waals surface area contributed by atoms with E-state index < -0.39 is 35.8 Å². The Bertz CT molecular complexity index is 715. The lowest BCUT2D eigenvalue weighted by atomic mass is 10.1. The zero-order chi connectivity index (χ0) is 21.5. The summed E-state index contributed by atoms with van der Waals surface area (Å²) in [7, 11) is 0. The van der Waals surface area contributed by atoms with Crippen LogP contribution in [0.5, 0.6) is 0 Å². The van der Waals surface area contributed by atoms with Crippen LogP contribution < -0.4 is 10.6 Å².